The molecule has 0 spiro atoms. The first-order valence-corrected chi connectivity index (χ1v) is 6.01. The van der Waals surface area contributed by atoms with Crippen molar-refractivity contribution in [2.24, 2.45) is 0 Å². The molecule has 2 aromatic rings. The molecule has 0 aliphatic heterocycles. The Kier molecular flexibility index (Phi) is 2.74. The van der Waals surface area contributed by atoms with Gasteiger partial charge in [0.05, 0.1) is 0 Å². The molecule has 2 rings (SSSR count). The third kappa shape index (κ3) is 1.65. The van der Waals surface area contributed by atoms with Crippen LogP contribution in [0.2, 0.25) is 0 Å². The second kappa shape index (κ2) is 3.73. The number of hydrogen-bond acceptors (Lipinski definition) is 1. The zero-order chi connectivity index (χ0) is 10.3. The van der Waals surface area contributed by atoms with Gasteiger partial charge in [-0.05, 0) is 58.0 Å². The average molecular weight is 324 g/mol. The van der Waals surface area contributed by atoms with Crippen LogP contribution in [0.3, 0.4) is 0 Å². The quantitative estimate of drug-likeness (QED) is 0.664. The number of thiophene rings is 1. The van der Waals surface area contributed by atoms with Crippen LogP contribution in [-0.2, 0) is 0 Å². The summed E-state index contributed by atoms with van der Waals surface area (Å²) in [5, 5.41) is 3.08. The number of alkyl halides is 2. The molecule has 0 saturated heterocycles. The van der Waals surface area contributed by atoms with Gasteiger partial charge < -0.3 is 0 Å². The predicted octanol–water partition coefficient (Wildman–Crippen LogP) is 4.75. The van der Waals surface area contributed by atoms with Crippen molar-refractivity contribution in [1.82, 2.24) is 0 Å². The standard InChI is InChI=1S/C10H7F2IS/c1-5-4-14-9-3-7(10(11)12)8(13)2-6(5)9/h2-4,10H,1H3. The molecule has 0 unspecified atom stereocenters. The molecule has 0 fully saturated rings. The van der Waals surface area contributed by atoms with Crippen molar-refractivity contribution in [2.45, 2.75) is 13.3 Å². The second-order valence-electron chi connectivity index (χ2n) is 3.09. The lowest BCUT2D eigenvalue weighted by Crippen LogP contribution is -1.88. The van der Waals surface area contributed by atoms with E-state index in [9.17, 15) is 8.78 Å². The van der Waals surface area contributed by atoms with Gasteiger partial charge in [0.15, 0.2) is 0 Å². The first-order valence-electron chi connectivity index (χ1n) is 4.05. The Morgan fingerprint density at radius 1 is 1.36 bits per heavy atom. The summed E-state index contributed by atoms with van der Waals surface area (Å²) in [7, 11) is 0. The van der Waals surface area contributed by atoms with Gasteiger partial charge in [0, 0.05) is 13.8 Å². The molecule has 0 amide bonds. The maximum Gasteiger partial charge on any atom is 0.264 e. The maximum atomic E-state index is 12.6. The highest BCUT2D eigenvalue weighted by molar-refractivity contribution is 14.1. The fourth-order valence-corrected chi connectivity index (χ4v) is 3.03. The van der Waals surface area contributed by atoms with E-state index in [0.29, 0.717) is 3.57 Å². The molecule has 1 aromatic heterocycles. The largest absolute Gasteiger partial charge is 0.264 e. The van der Waals surface area contributed by atoms with E-state index in [-0.39, 0.29) is 5.56 Å². The molecule has 0 radical (unpaired) electrons. The first kappa shape index (κ1) is 10.3. The van der Waals surface area contributed by atoms with Crippen LogP contribution in [0.25, 0.3) is 10.1 Å². The smallest absolute Gasteiger partial charge is 0.205 e. The second-order valence-corrected chi connectivity index (χ2v) is 5.16. The third-order valence-electron chi connectivity index (χ3n) is 2.12. The summed E-state index contributed by atoms with van der Waals surface area (Å²) in [6.45, 7) is 2.00. The minimum atomic E-state index is -2.38. The lowest BCUT2D eigenvalue weighted by atomic mass is 10.1. The highest BCUT2D eigenvalue weighted by atomic mass is 127. The highest BCUT2D eigenvalue weighted by Gasteiger charge is 2.13. The Hall–Kier alpha value is -0.230. The van der Waals surface area contributed by atoms with Crippen molar-refractivity contribution < 1.29 is 8.78 Å². The van der Waals surface area contributed by atoms with Crippen LogP contribution in [-0.4, -0.2) is 0 Å². The van der Waals surface area contributed by atoms with Crippen LogP contribution in [0.5, 0.6) is 0 Å². The van der Waals surface area contributed by atoms with E-state index in [2.05, 4.69) is 0 Å². The van der Waals surface area contributed by atoms with Gasteiger partial charge in [0.25, 0.3) is 6.43 Å². The molecule has 1 heterocycles. The Bertz CT molecular complexity index is 476. The number of benzene rings is 1. The van der Waals surface area contributed by atoms with Crippen LogP contribution >= 0.6 is 33.9 Å². The Morgan fingerprint density at radius 2 is 2.07 bits per heavy atom. The molecule has 0 atom stereocenters. The lowest BCUT2D eigenvalue weighted by Gasteiger charge is -2.03. The van der Waals surface area contributed by atoms with Crippen molar-refractivity contribution in [3.63, 3.8) is 0 Å². The normalized spacial score (nSPS) is 11.5. The summed E-state index contributed by atoms with van der Waals surface area (Å²) >= 11 is 3.48. The van der Waals surface area contributed by atoms with Crippen molar-refractivity contribution >= 4 is 44.0 Å². The van der Waals surface area contributed by atoms with Crippen LogP contribution in [0.4, 0.5) is 8.78 Å². The van der Waals surface area contributed by atoms with Crippen molar-refractivity contribution in [2.75, 3.05) is 0 Å². The molecule has 0 aliphatic carbocycles. The van der Waals surface area contributed by atoms with Gasteiger partial charge >= 0.3 is 0 Å². The number of halogens is 3. The minimum absolute atomic E-state index is 0.139. The van der Waals surface area contributed by atoms with E-state index < -0.39 is 6.43 Å². The Balaban J connectivity index is 2.72. The molecule has 0 N–H and O–H groups in total. The molecule has 14 heavy (non-hydrogen) atoms. The van der Waals surface area contributed by atoms with Crippen LogP contribution in [0, 0.1) is 10.5 Å². The zero-order valence-electron chi connectivity index (χ0n) is 7.35. The summed E-state index contributed by atoms with van der Waals surface area (Å²) in [6.07, 6.45) is -2.38. The van der Waals surface area contributed by atoms with E-state index in [1.165, 1.54) is 11.3 Å². The number of fused-ring (bicyclic) bond motifs is 1. The molecule has 0 nitrogen and oxygen atoms in total. The van der Waals surface area contributed by atoms with Crippen LogP contribution in [0.15, 0.2) is 17.5 Å². The highest BCUT2D eigenvalue weighted by Crippen LogP contribution is 2.33. The van der Waals surface area contributed by atoms with E-state index in [0.717, 1.165) is 15.6 Å². The van der Waals surface area contributed by atoms with E-state index >= 15 is 0 Å². The van der Waals surface area contributed by atoms with Crippen molar-refractivity contribution in [3.8, 4) is 0 Å². The van der Waals surface area contributed by atoms with Gasteiger partial charge in [0.2, 0.25) is 0 Å². The molecule has 4 heteroatoms. The molecule has 0 aliphatic rings. The predicted molar refractivity (Wildman–Crippen MR) is 64.2 cm³/mol. The Morgan fingerprint density at radius 3 is 2.71 bits per heavy atom. The summed E-state index contributed by atoms with van der Waals surface area (Å²) in [6, 6.07) is 3.43. The fraction of sp³-hybridized carbons (Fsp3) is 0.200. The molecular formula is C10H7F2IS. The first-order chi connectivity index (χ1) is 6.59. The topological polar surface area (TPSA) is 0 Å². The van der Waals surface area contributed by atoms with Gasteiger partial charge in [-0.3, -0.25) is 0 Å². The molecule has 74 valence electrons. The van der Waals surface area contributed by atoms with Crippen LogP contribution in [0.1, 0.15) is 17.6 Å². The molecule has 0 bridgehead atoms. The number of rotatable bonds is 1. The monoisotopic (exact) mass is 324 g/mol. The van der Waals surface area contributed by atoms with Crippen LogP contribution < -0.4 is 0 Å². The van der Waals surface area contributed by atoms with Gasteiger partial charge in [-0.1, -0.05) is 0 Å². The number of hydrogen-bond donors (Lipinski definition) is 0. The SMILES string of the molecule is Cc1csc2cc(C(F)F)c(I)cc12. The zero-order valence-corrected chi connectivity index (χ0v) is 10.3. The summed E-state index contributed by atoms with van der Waals surface area (Å²) in [4.78, 5) is 0. The van der Waals surface area contributed by atoms with E-state index in [4.69, 9.17) is 0 Å². The van der Waals surface area contributed by atoms with Gasteiger partial charge in [-0.15, -0.1) is 11.3 Å². The summed E-state index contributed by atoms with van der Waals surface area (Å²) in [5.74, 6) is 0. The van der Waals surface area contributed by atoms with Crippen molar-refractivity contribution in [3.05, 3.63) is 32.2 Å². The maximum absolute atomic E-state index is 12.6. The molecular weight excluding hydrogens is 317 g/mol. The lowest BCUT2D eigenvalue weighted by molar-refractivity contribution is 0.150. The number of aryl methyl sites for hydroxylation is 1. The van der Waals surface area contributed by atoms with E-state index in [1.54, 1.807) is 6.07 Å². The molecule has 0 saturated carbocycles. The summed E-state index contributed by atoms with van der Waals surface area (Å²) in [5.41, 5.74) is 1.30. The van der Waals surface area contributed by atoms with Crippen molar-refractivity contribution in [1.29, 1.82) is 0 Å². The minimum Gasteiger partial charge on any atom is -0.205 e. The summed E-state index contributed by atoms with van der Waals surface area (Å²) < 4.78 is 26.7. The van der Waals surface area contributed by atoms with E-state index in [1.807, 2.05) is 41.0 Å². The Labute approximate surface area is 98.1 Å². The van der Waals surface area contributed by atoms with Gasteiger partial charge in [-0.2, -0.15) is 0 Å². The average Bonchev–Trinajstić information content (AvgIpc) is 2.46. The third-order valence-corrected chi connectivity index (χ3v) is 4.12. The fourth-order valence-electron chi connectivity index (χ4n) is 1.36. The van der Waals surface area contributed by atoms with Gasteiger partial charge in [0.1, 0.15) is 0 Å². The van der Waals surface area contributed by atoms with Gasteiger partial charge in [-0.25, -0.2) is 8.78 Å². The molecule has 1 aromatic carbocycles.